The molecule has 1 heterocycles. The molecular weight excluding hydrogens is 236 g/mol. The maximum Gasteiger partial charge on any atom is 0.157 e. The molecule has 3 unspecified atom stereocenters. The second kappa shape index (κ2) is 6.20. The van der Waals surface area contributed by atoms with E-state index in [1.54, 1.807) is 0 Å². The molecule has 1 saturated heterocycles. The Morgan fingerprint density at radius 3 is 3.06 bits per heavy atom. The number of rotatable bonds is 3. The number of amidine groups is 1. The number of hydrogen-bond acceptors (Lipinski definition) is 3. The van der Waals surface area contributed by atoms with Crippen LogP contribution < -0.4 is 5.32 Å². The lowest BCUT2D eigenvalue weighted by Crippen LogP contribution is -2.38. The maximum atomic E-state index is 4.93. The molecular formula is C12H22N2S2. The van der Waals surface area contributed by atoms with E-state index >= 15 is 0 Å². The highest BCUT2D eigenvalue weighted by Gasteiger charge is 2.27. The summed E-state index contributed by atoms with van der Waals surface area (Å²) >= 11 is 3.90. The molecule has 1 aliphatic heterocycles. The first-order chi connectivity index (χ1) is 7.83. The Labute approximate surface area is 107 Å². The smallest absolute Gasteiger partial charge is 0.157 e. The molecule has 92 valence electrons. The van der Waals surface area contributed by atoms with Crippen LogP contribution in [0.3, 0.4) is 0 Å². The summed E-state index contributed by atoms with van der Waals surface area (Å²) in [5.41, 5.74) is 0. The van der Waals surface area contributed by atoms with Crippen molar-refractivity contribution in [2.24, 2.45) is 4.99 Å². The minimum Gasteiger partial charge on any atom is -0.362 e. The molecule has 0 bridgehead atoms. The molecule has 3 atom stereocenters. The third kappa shape index (κ3) is 3.10. The number of thioether (sulfide) groups is 2. The fourth-order valence-corrected chi connectivity index (χ4v) is 4.42. The molecule has 1 aliphatic carbocycles. The minimum absolute atomic E-state index is 0.570. The van der Waals surface area contributed by atoms with Gasteiger partial charge in [0.1, 0.15) is 0 Å². The Balaban J connectivity index is 1.94. The van der Waals surface area contributed by atoms with Crippen LogP contribution in [0.2, 0.25) is 0 Å². The standard InChI is InChI=1S/C12H22N2S2/c1-3-9-7-8-16-12(13-9)14-10-5-4-6-11(10)15-2/h9-11H,3-8H2,1-2H3,(H,13,14). The van der Waals surface area contributed by atoms with Crippen LogP contribution in [0.15, 0.2) is 4.99 Å². The van der Waals surface area contributed by atoms with Gasteiger partial charge in [-0.2, -0.15) is 11.8 Å². The van der Waals surface area contributed by atoms with Crippen molar-refractivity contribution in [1.29, 1.82) is 0 Å². The van der Waals surface area contributed by atoms with Crippen LogP contribution in [0.25, 0.3) is 0 Å². The Morgan fingerprint density at radius 1 is 1.44 bits per heavy atom. The summed E-state index contributed by atoms with van der Waals surface area (Å²) in [5.74, 6) is 1.24. The zero-order chi connectivity index (χ0) is 11.4. The molecule has 16 heavy (non-hydrogen) atoms. The number of nitrogens with one attached hydrogen (secondary N) is 1. The number of aliphatic imine (C=N–C) groups is 1. The van der Waals surface area contributed by atoms with E-state index in [0.717, 1.165) is 5.25 Å². The van der Waals surface area contributed by atoms with E-state index in [1.807, 2.05) is 23.5 Å². The Morgan fingerprint density at radius 2 is 2.31 bits per heavy atom. The normalized spacial score (nSPS) is 37.6. The molecule has 0 aromatic carbocycles. The van der Waals surface area contributed by atoms with Gasteiger partial charge in [0, 0.05) is 17.0 Å². The summed E-state index contributed by atoms with van der Waals surface area (Å²) in [4.78, 5) is 4.93. The lowest BCUT2D eigenvalue weighted by atomic mass is 10.2. The van der Waals surface area contributed by atoms with Gasteiger partial charge in [-0.25, -0.2) is 0 Å². The predicted octanol–water partition coefficient (Wildman–Crippen LogP) is 3.13. The average molecular weight is 258 g/mol. The molecule has 2 nitrogen and oxygen atoms in total. The van der Waals surface area contributed by atoms with Gasteiger partial charge >= 0.3 is 0 Å². The van der Waals surface area contributed by atoms with Gasteiger partial charge in [-0.1, -0.05) is 25.1 Å². The summed E-state index contributed by atoms with van der Waals surface area (Å²) in [6.45, 7) is 2.26. The Kier molecular flexibility index (Phi) is 4.89. The van der Waals surface area contributed by atoms with E-state index in [-0.39, 0.29) is 0 Å². The second-order valence-corrected chi connectivity index (χ2v) is 6.75. The summed E-state index contributed by atoms with van der Waals surface area (Å²) in [5, 5.41) is 5.55. The van der Waals surface area contributed by atoms with Crippen molar-refractivity contribution in [2.45, 2.75) is 56.4 Å². The van der Waals surface area contributed by atoms with Crippen LogP contribution >= 0.6 is 23.5 Å². The van der Waals surface area contributed by atoms with E-state index in [9.17, 15) is 0 Å². The summed E-state index contributed by atoms with van der Waals surface area (Å²) < 4.78 is 0. The van der Waals surface area contributed by atoms with Crippen LogP contribution in [-0.2, 0) is 0 Å². The fraction of sp³-hybridized carbons (Fsp3) is 0.917. The zero-order valence-corrected chi connectivity index (χ0v) is 11.9. The van der Waals surface area contributed by atoms with Gasteiger partial charge in [0.05, 0.1) is 6.04 Å². The van der Waals surface area contributed by atoms with E-state index in [4.69, 9.17) is 4.99 Å². The first kappa shape index (κ1) is 12.6. The van der Waals surface area contributed by atoms with Crippen LogP contribution in [0.1, 0.15) is 39.0 Å². The van der Waals surface area contributed by atoms with Gasteiger partial charge in [0.25, 0.3) is 0 Å². The largest absolute Gasteiger partial charge is 0.362 e. The fourth-order valence-electron chi connectivity index (χ4n) is 2.45. The van der Waals surface area contributed by atoms with Crippen LogP contribution in [0.4, 0.5) is 0 Å². The van der Waals surface area contributed by atoms with E-state index in [0.29, 0.717) is 12.1 Å². The average Bonchev–Trinajstić information content (AvgIpc) is 2.76. The molecule has 4 heteroatoms. The Hall–Kier alpha value is 0.170. The van der Waals surface area contributed by atoms with Crippen molar-refractivity contribution >= 4 is 28.7 Å². The molecule has 2 rings (SSSR count). The zero-order valence-electron chi connectivity index (χ0n) is 10.2. The third-order valence-corrected chi connectivity index (χ3v) is 5.62. The maximum absolute atomic E-state index is 4.93. The van der Waals surface area contributed by atoms with Crippen LogP contribution in [-0.4, -0.2) is 34.5 Å². The molecule has 0 spiro atoms. The van der Waals surface area contributed by atoms with Crippen LogP contribution in [0.5, 0.6) is 0 Å². The number of nitrogens with zero attached hydrogens (tertiary/aromatic N) is 1. The Bertz CT molecular complexity index is 255. The quantitative estimate of drug-likeness (QED) is 0.841. The minimum atomic E-state index is 0.570. The number of hydrogen-bond donors (Lipinski definition) is 1. The van der Waals surface area contributed by atoms with Crippen LogP contribution in [0, 0.1) is 0 Å². The SMILES string of the molecule is CCC1CCSC(=NC2CCCC2SC)N1. The first-order valence-corrected chi connectivity index (χ1v) is 8.60. The highest BCUT2D eigenvalue weighted by Crippen LogP contribution is 2.31. The monoisotopic (exact) mass is 258 g/mol. The summed E-state index contributed by atoms with van der Waals surface area (Å²) in [6.07, 6.45) is 8.72. The molecule has 0 radical (unpaired) electrons. The van der Waals surface area contributed by atoms with Gasteiger partial charge < -0.3 is 5.32 Å². The van der Waals surface area contributed by atoms with Gasteiger partial charge in [0.2, 0.25) is 0 Å². The van der Waals surface area contributed by atoms with Crippen molar-refractivity contribution in [3.63, 3.8) is 0 Å². The molecule has 1 N–H and O–H groups in total. The van der Waals surface area contributed by atoms with Gasteiger partial charge in [0.15, 0.2) is 5.17 Å². The highest BCUT2D eigenvalue weighted by molar-refractivity contribution is 8.13. The molecule has 0 amide bonds. The van der Waals surface area contributed by atoms with Gasteiger partial charge in [-0.15, -0.1) is 0 Å². The predicted molar refractivity (Wildman–Crippen MR) is 76.7 cm³/mol. The first-order valence-electron chi connectivity index (χ1n) is 6.33. The van der Waals surface area contributed by atoms with E-state index in [1.165, 1.54) is 43.0 Å². The molecule has 1 saturated carbocycles. The molecule has 2 aliphatic rings. The topological polar surface area (TPSA) is 24.4 Å². The summed E-state index contributed by atoms with van der Waals surface area (Å²) in [6, 6.07) is 1.23. The molecule has 0 aromatic heterocycles. The molecule has 0 aromatic rings. The third-order valence-electron chi connectivity index (χ3n) is 3.53. The van der Waals surface area contributed by atoms with E-state index < -0.39 is 0 Å². The van der Waals surface area contributed by atoms with Crippen molar-refractivity contribution in [3.8, 4) is 0 Å². The van der Waals surface area contributed by atoms with Gasteiger partial charge in [-0.3, -0.25) is 4.99 Å². The lowest BCUT2D eigenvalue weighted by molar-refractivity contribution is 0.567. The van der Waals surface area contributed by atoms with Gasteiger partial charge in [-0.05, 0) is 31.9 Å². The lowest BCUT2D eigenvalue weighted by Gasteiger charge is -2.25. The van der Waals surface area contributed by atoms with Crippen molar-refractivity contribution in [2.75, 3.05) is 12.0 Å². The van der Waals surface area contributed by atoms with Crippen molar-refractivity contribution in [1.82, 2.24) is 5.32 Å². The summed E-state index contributed by atoms with van der Waals surface area (Å²) in [7, 11) is 0. The van der Waals surface area contributed by atoms with Crippen molar-refractivity contribution in [3.05, 3.63) is 0 Å². The van der Waals surface area contributed by atoms with E-state index in [2.05, 4.69) is 18.5 Å². The second-order valence-electron chi connectivity index (χ2n) is 4.59. The highest BCUT2D eigenvalue weighted by atomic mass is 32.2. The molecule has 2 fully saturated rings. The van der Waals surface area contributed by atoms with Crippen molar-refractivity contribution < 1.29 is 0 Å².